The summed E-state index contributed by atoms with van der Waals surface area (Å²) < 4.78 is 5.26. The van der Waals surface area contributed by atoms with Gasteiger partial charge in [0, 0.05) is 28.9 Å². The number of ether oxygens (including phenoxy) is 1. The topological polar surface area (TPSA) is 58.2 Å². The van der Waals surface area contributed by atoms with Crippen molar-refractivity contribution in [1.29, 1.82) is 0 Å². The Morgan fingerprint density at radius 2 is 1.96 bits per heavy atom. The summed E-state index contributed by atoms with van der Waals surface area (Å²) in [5.74, 6) is 1.25. The van der Waals surface area contributed by atoms with Crippen molar-refractivity contribution in [2.45, 2.75) is 11.8 Å². The second kappa shape index (κ2) is 7.66. The normalized spacial score (nSPS) is 10.6. The largest absolute Gasteiger partial charge is 0.497 e. The Hall–Kier alpha value is -2.73. The van der Waals surface area contributed by atoms with Gasteiger partial charge in [-0.15, -0.1) is 11.8 Å². The maximum atomic E-state index is 12.9. The van der Waals surface area contributed by atoms with E-state index < -0.39 is 0 Å². The van der Waals surface area contributed by atoms with E-state index in [1.165, 1.54) is 0 Å². The van der Waals surface area contributed by atoms with Crippen molar-refractivity contribution in [3.05, 3.63) is 59.9 Å². The van der Waals surface area contributed by atoms with Crippen molar-refractivity contribution in [2.75, 3.05) is 25.3 Å². The van der Waals surface area contributed by atoms with Crippen LogP contribution >= 0.6 is 11.8 Å². The minimum absolute atomic E-state index is 0.147. The molecule has 1 aromatic heterocycles. The molecule has 0 aliphatic heterocycles. The number of benzene rings is 2. The minimum Gasteiger partial charge on any atom is -0.497 e. The number of thioether (sulfide) groups is 1. The average Bonchev–Trinajstić information content (AvgIpc) is 3.08. The summed E-state index contributed by atoms with van der Waals surface area (Å²) in [6.45, 7) is 1.86. The Labute approximate surface area is 157 Å². The molecule has 3 aromatic rings. The van der Waals surface area contributed by atoms with Crippen LogP contribution < -0.4 is 9.64 Å². The van der Waals surface area contributed by atoms with Crippen LogP contribution in [0.3, 0.4) is 0 Å². The highest BCUT2D eigenvalue weighted by atomic mass is 32.2. The van der Waals surface area contributed by atoms with Crippen molar-refractivity contribution in [3.63, 3.8) is 0 Å². The molecule has 0 atom stereocenters. The predicted molar refractivity (Wildman–Crippen MR) is 106 cm³/mol. The number of imidazole rings is 1. The fourth-order valence-corrected chi connectivity index (χ4v) is 3.12. The molecule has 2 aromatic carbocycles. The molecular formula is C20H21N3O2S. The number of nitrogens with zero attached hydrogens (tertiary/aromatic N) is 2. The lowest BCUT2D eigenvalue weighted by Crippen LogP contribution is -2.27. The van der Waals surface area contributed by atoms with Gasteiger partial charge in [-0.3, -0.25) is 4.79 Å². The van der Waals surface area contributed by atoms with Crippen molar-refractivity contribution < 1.29 is 9.53 Å². The summed E-state index contributed by atoms with van der Waals surface area (Å²) in [6, 6.07) is 15.5. The molecule has 0 saturated heterocycles. The molecule has 5 nitrogen and oxygen atoms in total. The molecule has 0 spiro atoms. The highest BCUT2D eigenvalue weighted by Gasteiger charge is 2.20. The Morgan fingerprint density at radius 1 is 1.19 bits per heavy atom. The summed E-state index contributed by atoms with van der Waals surface area (Å²) in [6.07, 6.45) is 2.01. The van der Waals surface area contributed by atoms with Crippen molar-refractivity contribution in [3.8, 4) is 17.1 Å². The SMILES string of the molecule is COc1cccc(-c2nc(C(=O)N(C)c3cccc(SC)c3)c(C)[nH]2)c1. The molecule has 1 amide bonds. The second-order valence-corrected chi connectivity index (χ2v) is 6.74. The van der Waals surface area contributed by atoms with Gasteiger partial charge in [-0.05, 0) is 43.5 Å². The molecule has 1 heterocycles. The van der Waals surface area contributed by atoms with Gasteiger partial charge < -0.3 is 14.6 Å². The summed E-state index contributed by atoms with van der Waals surface area (Å²) in [7, 11) is 3.39. The molecule has 0 bridgehead atoms. The number of hydrogen-bond acceptors (Lipinski definition) is 4. The van der Waals surface area contributed by atoms with Gasteiger partial charge in [-0.1, -0.05) is 18.2 Å². The summed E-state index contributed by atoms with van der Waals surface area (Å²) in [4.78, 5) is 23.4. The molecule has 0 radical (unpaired) electrons. The molecule has 0 unspecified atom stereocenters. The van der Waals surface area contributed by atoms with Crippen LogP contribution in [0.5, 0.6) is 5.75 Å². The maximum absolute atomic E-state index is 12.9. The second-order valence-electron chi connectivity index (χ2n) is 5.86. The van der Waals surface area contributed by atoms with E-state index in [0.29, 0.717) is 11.5 Å². The van der Waals surface area contributed by atoms with Crippen LogP contribution in [0.4, 0.5) is 5.69 Å². The first kappa shape index (κ1) is 18.1. The standard InChI is InChI=1S/C20H21N3O2S/c1-13-18(20(24)23(2)15-8-6-10-17(12-15)26-4)22-19(21-13)14-7-5-9-16(11-14)25-3/h5-12H,1-4H3,(H,21,22). The number of hydrogen-bond donors (Lipinski definition) is 1. The number of amides is 1. The van der Waals surface area contributed by atoms with Crippen LogP contribution in [0, 0.1) is 6.92 Å². The average molecular weight is 367 g/mol. The van der Waals surface area contributed by atoms with Crippen molar-refractivity contribution in [1.82, 2.24) is 9.97 Å². The van der Waals surface area contributed by atoms with E-state index in [0.717, 1.165) is 27.6 Å². The van der Waals surface area contributed by atoms with E-state index in [-0.39, 0.29) is 5.91 Å². The van der Waals surface area contributed by atoms with E-state index in [1.54, 1.807) is 30.8 Å². The van der Waals surface area contributed by atoms with Gasteiger partial charge in [0.05, 0.1) is 7.11 Å². The van der Waals surface area contributed by atoms with Gasteiger partial charge in [0.2, 0.25) is 0 Å². The van der Waals surface area contributed by atoms with E-state index >= 15 is 0 Å². The molecule has 0 saturated carbocycles. The maximum Gasteiger partial charge on any atom is 0.278 e. The summed E-state index contributed by atoms with van der Waals surface area (Å²) >= 11 is 1.64. The van der Waals surface area contributed by atoms with Gasteiger partial charge in [-0.25, -0.2) is 4.98 Å². The number of aryl methyl sites for hydroxylation is 1. The van der Waals surface area contributed by atoms with E-state index in [2.05, 4.69) is 9.97 Å². The number of aromatic amines is 1. The van der Waals surface area contributed by atoms with Crippen LogP contribution in [-0.4, -0.2) is 36.3 Å². The number of aromatic nitrogens is 2. The third-order valence-electron chi connectivity index (χ3n) is 4.18. The Kier molecular flexibility index (Phi) is 5.32. The van der Waals surface area contributed by atoms with Crippen molar-refractivity contribution >= 4 is 23.4 Å². The lowest BCUT2D eigenvalue weighted by molar-refractivity contribution is 0.0988. The van der Waals surface area contributed by atoms with E-state index in [4.69, 9.17) is 4.74 Å². The summed E-state index contributed by atoms with van der Waals surface area (Å²) in [5.41, 5.74) is 2.87. The smallest absolute Gasteiger partial charge is 0.278 e. The number of carbonyl (C=O) groups is 1. The van der Waals surface area contributed by atoms with Gasteiger partial charge in [0.15, 0.2) is 0 Å². The van der Waals surface area contributed by atoms with Gasteiger partial charge in [0.1, 0.15) is 17.3 Å². The Balaban J connectivity index is 1.91. The number of rotatable bonds is 5. The lowest BCUT2D eigenvalue weighted by atomic mass is 10.2. The first-order valence-corrected chi connectivity index (χ1v) is 9.39. The molecule has 26 heavy (non-hydrogen) atoms. The number of carbonyl (C=O) groups excluding carboxylic acids is 1. The molecular weight excluding hydrogens is 346 g/mol. The van der Waals surface area contributed by atoms with Crippen molar-refractivity contribution in [2.24, 2.45) is 0 Å². The quantitative estimate of drug-likeness (QED) is 0.680. The molecule has 0 aliphatic carbocycles. The molecule has 134 valence electrons. The number of nitrogens with one attached hydrogen (secondary N) is 1. The fourth-order valence-electron chi connectivity index (χ4n) is 2.67. The van der Waals surface area contributed by atoms with E-state index in [1.807, 2.05) is 61.7 Å². The highest BCUT2D eigenvalue weighted by Crippen LogP contribution is 2.25. The molecule has 6 heteroatoms. The fraction of sp³-hybridized carbons (Fsp3) is 0.200. The Morgan fingerprint density at radius 3 is 2.69 bits per heavy atom. The number of methoxy groups -OCH3 is 1. The third kappa shape index (κ3) is 3.60. The molecule has 0 fully saturated rings. The molecule has 3 rings (SSSR count). The van der Waals surface area contributed by atoms with E-state index in [9.17, 15) is 4.79 Å². The molecule has 1 N–H and O–H groups in total. The number of H-pyrrole nitrogens is 1. The van der Waals surface area contributed by atoms with Crippen LogP contribution in [-0.2, 0) is 0 Å². The predicted octanol–water partition coefficient (Wildman–Crippen LogP) is 4.39. The first-order chi connectivity index (χ1) is 12.5. The van der Waals surface area contributed by atoms with Crippen LogP contribution in [0.2, 0.25) is 0 Å². The monoisotopic (exact) mass is 367 g/mol. The zero-order chi connectivity index (χ0) is 18.7. The third-order valence-corrected chi connectivity index (χ3v) is 4.90. The van der Waals surface area contributed by atoms with Gasteiger partial charge in [0.25, 0.3) is 5.91 Å². The van der Waals surface area contributed by atoms with Gasteiger partial charge in [-0.2, -0.15) is 0 Å². The highest BCUT2D eigenvalue weighted by molar-refractivity contribution is 7.98. The first-order valence-electron chi connectivity index (χ1n) is 8.16. The lowest BCUT2D eigenvalue weighted by Gasteiger charge is -2.17. The number of anilines is 1. The zero-order valence-corrected chi connectivity index (χ0v) is 16.1. The Bertz CT molecular complexity index is 936. The summed E-state index contributed by atoms with van der Waals surface area (Å²) in [5, 5.41) is 0. The van der Waals surface area contributed by atoms with Crippen LogP contribution in [0.1, 0.15) is 16.2 Å². The minimum atomic E-state index is -0.147. The molecule has 0 aliphatic rings. The van der Waals surface area contributed by atoms with Gasteiger partial charge >= 0.3 is 0 Å². The van der Waals surface area contributed by atoms with Crippen LogP contribution in [0.25, 0.3) is 11.4 Å². The zero-order valence-electron chi connectivity index (χ0n) is 15.2. The van der Waals surface area contributed by atoms with Crippen LogP contribution in [0.15, 0.2) is 53.4 Å².